The van der Waals surface area contributed by atoms with E-state index in [-0.39, 0.29) is 6.10 Å². The maximum atomic E-state index is 11.0. The van der Waals surface area contributed by atoms with E-state index in [0.717, 1.165) is 0 Å². The first-order chi connectivity index (χ1) is 7.51. The van der Waals surface area contributed by atoms with Crippen LogP contribution in [-0.4, -0.2) is 56.0 Å². The quantitative estimate of drug-likeness (QED) is 0.675. The first kappa shape index (κ1) is 13.4. The summed E-state index contributed by atoms with van der Waals surface area (Å²) in [6.45, 7) is 3.03. The summed E-state index contributed by atoms with van der Waals surface area (Å²) >= 11 is 0. The standard InChI is InChI=1S/C10H18O6/c1-5-7(13-3)8(16-6(2)11)9(14-4)10(12)15-5/h5,7-10,12H,1-4H3. The molecule has 1 aliphatic rings. The molecule has 5 atom stereocenters. The molecule has 0 aromatic rings. The van der Waals surface area contributed by atoms with Crippen LogP contribution in [0.1, 0.15) is 13.8 Å². The fraction of sp³-hybridized carbons (Fsp3) is 0.900. The monoisotopic (exact) mass is 234 g/mol. The van der Waals surface area contributed by atoms with Crippen molar-refractivity contribution in [2.75, 3.05) is 14.2 Å². The summed E-state index contributed by atoms with van der Waals surface area (Å²) in [4.78, 5) is 11.0. The Kier molecular flexibility index (Phi) is 4.67. The summed E-state index contributed by atoms with van der Waals surface area (Å²) in [5, 5.41) is 9.64. The van der Waals surface area contributed by atoms with E-state index in [9.17, 15) is 9.90 Å². The Hall–Kier alpha value is -0.690. The van der Waals surface area contributed by atoms with Gasteiger partial charge in [-0.1, -0.05) is 0 Å². The number of aliphatic hydroxyl groups is 1. The van der Waals surface area contributed by atoms with Crippen LogP contribution >= 0.6 is 0 Å². The number of esters is 1. The number of ether oxygens (including phenoxy) is 4. The van der Waals surface area contributed by atoms with Gasteiger partial charge in [0.1, 0.15) is 12.2 Å². The van der Waals surface area contributed by atoms with Gasteiger partial charge in [-0.25, -0.2) is 0 Å². The molecule has 0 aliphatic carbocycles. The van der Waals surface area contributed by atoms with Crippen molar-refractivity contribution in [1.29, 1.82) is 0 Å². The van der Waals surface area contributed by atoms with Crippen LogP contribution in [0, 0.1) is 0 Å². The second-order valence-corrected chi connectivity index (χ2v) is 3.71. The normalized spacial score (nSPS) is 39.4. The van der Waals surface area contributed by atoms with Crippen LogP contribution in [0.15, 0.2) is 0 Å². The third kappa shape index (κ3) is 2.70. The lowest BCUT2D eigenvalue weighted by Crippen LogP contribution is -2.59. The van der Waals surface area contributed by atoms with Crippen LogP contribution in [0.3, 0.4) is 0 Å². The fourth-order valence-electron chi connectivity index (χ4n) is 1.89. The number of aliphatic hydroxyl groups excluding tert-OH is 1. The van der Waals surface area contributed by atoms with E-state index in [1.807, 2.05) is 0 Å². The van der Waals surface area contributed by atoms with E-state index >= 15 is 0 Å². The summed E-state index contributed by atoms with van der Waals surface area (Å²) in [6, 6.07) is 0. The Balaban J connectivity index is 2.85. The van der Waals surface area contributed by atoms with Crippen molar-refractivity contribution >= 4 is 5.97 Å². The zero-order chi connectivity index (χ0) is 12.3. The summed E-state index contributed by atoms with van der Waals surface area (Å²) < 4.78 is 20.6. The molecule has 1 saturated heterocycles. The van der Waals surface area contributed by atoms with Crippen molar-refractivity contribution in [3.8, 4) is 0 Å². The predicted molar refractivity (Wildman–Crippen MR) is 53.7 cm³/mol. The second kappa shape index (κ2) is 5.58. The van der Waals surface area contributed by atoms with E-state index in [2.05, 4.69) is 0 Å². The Labute approximate surface area is 94.4 Å². The molecule has 0 amide bonds. The van der Waals surface area contributed by atoms with Crippen molar-refractivity contribution in [3.63, 3.8) is 0 Å². The first-order valence-corrected chi connectivity index (χ1v) is 5.07. The smallest absolute Gasteiger partial charge is 0.303 e. The topological polar surface area (TPSA) is 74.2 Å². The zero-order valence-corrected chi connectivity index (χ0v) is 9.88. The van der Waals surface area contributed by atoms with Crippen molar-refractivity contribution < 1.29 is 28.8 Å². The van der Waals surface area contributed by atoms with E-state index in [1.165, 1.54) is 21.1 Å². The highest BCUT2D eigenvalue weighted by atomic mass is 16.7. The molecule has 16 heavy (non-hydrogen) atoms. The molecule has 1 rings (SSSR count). The number of hydrogen-bond donors (Lipinski definition) is 1. The molecule has 6 heteroatoms. The summed E-state index contributed by atoms with van der Waals surface area (Å²) in [5.74, 6) is -0.449. The minimum absolute atomic E-state index is 0.379. The lowest BCUT2D eigenvalue weighted by Gasteiger charge is -2.41. The van der Waals surface area contributed by atoms with Crippen LogP contribution in [0.25, 0.3) is 0 Å². The van der Waals surface area contributed by atoms with Crippen molar-refractivity contribution in [3.05, 3.63) is 0 Å². The minimum atomic E-state index is -1.13. The summed E-state index contributed by atoms with van der Waals surface area (Å²) in [5.41, 5.74) is 0. The van der Waals surface area contributed by atoms with E-state index < -0.39 is 30.6 Å². The van der Waals surface area contributed by atoms with Gasteiger partial charge in [-0.2, -0.15) is 0 Å². The molecule has 6 nitrogen and oxygen atoms in total. The van der Waals surface area contributed by atoms with Gasteiger partial charge >= 0.3 is 5.97 Å². The Morgan fingerprint density at radius 3 is 2.19 bits per heavy atom. The number of methoxy groups -OCH3 is 2. The molecule has 94 valence electrons. The second-order valence-electron chi connectivity index (χ2n) is 3.71. The SMILES string of the molecule is COC1C(C)OC(O)C(OC)C1OC(C)=O. The minimum Gasteiger partial charge on any atom is -0.457 e. The molecular weight excluding hydrogens is 216 g/mol. The molecule has 1 heterocycles. The van der Waals surface area contributed by atoms with Gasteiger partial charge in [0.2, 0.25) is 0 Å². The highest BCUT2D eigenvalue weighted by molar-refractivity contribution is 5.66. The van der Waals surface area contributed by atoms with Gasteiger partial charge in [0.25, 0.3) is 0 Å². The Morgan fingerprint density at radius 1 is 1.19 bits per heavy atom. The third-order valence-corrected chi connectivity index (χ3v) is 2.59. The van der Waals surface area contributed by atoms with Crippen molar-refractivity contribution in [2.45, 2.75) is 44.6 Å². The average molecular weight is 234 g/mol. The molecule has 0 saturated carbocycles. The van der Waals surface area contributed by atoms with Crippen molar-refractivity contribution in [2.24, 2.45) is 0 Å². The maximum Gasteiger partial charge on any atom is 0.303 e. The lowest BCUT2D eigenvalue weighted by molar-refractivity contribution is -0.290. The van der Waals surface area contributed by atoms with Gasteiger partial charge in [-0.3, -0.25) is 4.79 Å². The van der Waals surface area contributed by atoms with Gasteiger partial charge in [0.15, 0.2) is 12.4 Å². The van der Waals surface area contributed by atoms with Crippen LogP contribution in [0.5, 0.6) is 0 Å². The van der Waals surface area contributed by atoms with Gasteiger partial charge in [0, 0.05) is 21.1 Å². The van der Waals surface area contributed by atoms with Gasteiger partial charge in [0.05, 0.1) is 6.10 Å². The lowest BCUT2D eigenvalue weighted by atomic mass is 9.99. The van der Waals surface area contributed by atoms with Crippen LogP contribution in [0.2, 0.25) is 0 Å². The zero-order valence-electron chi connectivity index (χ0n) is 9.88. The fourth-order valence-corrected chi connectivity index (χ4v) is 1.89. The number of carbonyl (C=O) groups excluding carboxylic acids is 1. The molecule has 1 N–H and O–H groups in total. The maximum absolute atomic E-state index is 11.0. The predicted octanol–water partition coefficient (Wildman–Crippen LogP) is -0.315. The van der Waals surface area contributed by atoms with Crippen LogP contribution in [-0.2, 0) is 23.7 Å². The summed E-state index contributed by atoms with van der Waals surface area (Å²) in [7, 11) is 2.90. The Morgan fingerprint density at radius 2 is 1.75 bits per heavy atom. The molecular formula is C10H18O6. The van der Waals surface area contributed by atoms with Gasteiger partial charge in [-0.05, 0) is 6.92 Å². The van der Waals surface area contributed by atoms with E-state index in [1.54, 1.807) is 6.92 Å². The molecule has 0 aromatic carbocycles. The number of carbonyl (C=O) groups is 1. The van der Waals surface area contributed by atoms with E-state index in [4.69, 9.17) is 18.9 Å². The summed E-state index contributed by atoms with van der Waals surface area (Å²) in [6.07, 6.45) is -3.39. The highest BCUT2D eigenvalue weighted by Crippen LogP contribution is 2.26. The third-order valence-electron chi connectivity index (χ3n) is 2.59. The largest absolute Gasteiger partial charge is 0.457 e. The van der Waals surface area contributed by atoms with Crippen molar-refractivity contribution in [1.82, 2.24) is 0 Å². The van der Waals surface area contributed by atoms with E-state index in [0.29, 0.717) is 0 Å². The van der Waals surface area contributed by atoms with Crippen LogP contribution in [0.4, 0.5) is 0 Å². The first-order valence-electron chi connectivity index (χ1n) is 5.07. The molecule has 0 aromatic heterocycles. The Bertz CT molecular complexity index is 227. The molecule has 1 fully saturated rings. The van der Waals surface area contributed by atoms with Crippen LogP contribution < -0.4 is 0 Å². The number of rotatable bonds is 3. The molecule has 0 radical (unpaired) electrons. The van der Waals surface area contributed by atoms with Gasteiger partial charge in [-0.15, -0.1) is 0 Å². The molecule has 0 bridgehead atoms. The van der Waals surface area contributed by atoms with Gasteiger partial charge < -0.3 is 24.1 Å². The molecule has 5 unspecified atom stereocenters. The molecule has 0 spiro atoms. The molecule has 1 aliphatic heterocycles. The highest BCUT2D eigenvalue weighted by Gasteiger charge is 2.46. The average Bonchev–Trinajstić information content (AvgIpc) is 2.17. The number of hydrogen-bond acceptors (Lipinski definition) is 6.